The van der Waals surface area contributed by atoms with Crippen molar-refractivity contribution in [2.75, 3.05) is 26.0 Å². The SMILES string of the molecule is CCSC1CCC(NC(=NC)NCC2CCOC2c2ccccc2)C1. The number of hydrogen-bond acceptors (Lipinski definition) is 3. The number of rotatable bonds is 6. The second kappa shape index (κ2) is 9.48. The molecule has 0 spiro atoms. The molecule has 3 rings (SSSR count). The van der Waals surface area contributed by atoms with Crippen molar-refractivity contribution in [1.82, 2.24) is 10.6 Å². The third kappa shape index (κ3) is 5.14. The van der Waals surface area contributed by atoms with Gasteiger partial charge in [0.1, 0.15) is 0 Å². The number of ether oxygens (including phenoxy) is 1. The predicted molar refractivity (Wildman–Crippen MR) is 107 cm³/mol. The molecule has 2 aliphatic rings. The summed E-state index contributed by atoms with van der Waals surface area (Å²) in [5.41, 5.74) is 1.28. The summed E-state index contributed by atoms with van der Waals surface area (Å²) in [6.07, 6.45) is 5.11. The lowest BCUT2D eigenvalue weighted by Gasteiger charge is -2.22. The molecule has 0 aromatic heterocycles. The molecule has 1 aromatic rings. The van der Waals surface area contributed by atoms with Crippen LogP contribution in [-0.4, -0.2) is 43.2 Å². The first-order chi connectivity index (χ1) is 12.3. The normalized spacial score (nSPS) is 29.8. The number of thioether (sulfide) groups is 1. The van der Waals surface area contributed by atoms with Crippen molar-refractivity contribution in [1.29, 1.82) is 0 Å². The molecule has 1 saturated carbocycles. The maximum Gasteiger partial charge on any atom is 0.191 e. The van der Waals surface area contributed by atoms with Crippen LogP contribution >= 0.6 is 11.8 Å². The van der Waals surface area contributed by atoms with E-state index < -0.39 is 0 Å². The quantitative estimate of drug-likeness (QED) is 0.600. The minimum absolute atomic E-state index is 0.198. The zero-order valence-electron chi connectivity index (χ0n) is 15.4. The molecule has 25 heavy (non-hydrogen) atoms. The molecule has 138 valence electrons. The van der Waals surface area contributed by atoms with Crippen LogP contribution in [0.1, 0.15) is 44.3 Å². The minimum Gasteiger partial charge on any atom is -0.373 e. The summed E-state index contributed by atoms with van der Waals surface area (Å²) in [6.45, 7) is 3.99. The Morgan fingerprint density at radius 2 is 2.08 bits per heavy atom. The number of nitrogens with zero attached hydrogens (tertiary/aromatic N) is 1. The molecule has 1 heterocycles. The van der Waals surface area contributed by atoms with Gasteiger partial charge < -0.3 is 15.4 Å². The standard InChI is InChI=1S/C20H31N3OS/c1-3-25-18-10-9-17(13-18)23-20(21-2)22-14-16-11-12-24-19(16)15-7-5-4-6-8-15/h4-8,16-19H,3,9-14H2,1-2H3,(H2,21,22,23). The van der Waals surface area contributed by atoms with Crippen LogP contribution in [0, 0.1) is 5.92 Å². The van der Waals surface area contributed by atoms with Crippen LogP contribution in [0.4, 0.5) is 0 Å². The Balaban J connectivity index is 1.48. The van der Waals surface area contributed by atoms with Crippen LogP contribution in [0.5, 0.6) is 0 Å². The van der Waals surface area contributed by atoms with Gasteiger partial charge in [-0.3, -0.25) is 4.99 Å². The molecule has 5 heteroatoms. The molecular formula is C20H31N3OS. The highest BCUT2D eigenvalue weighted by molar-refractivity contribution is 7.99. The van der Waals surface area contributed by atoms with Gasteiger partial charge in [-0.15, -0.1) is 0 Å². The average Bonchev–Trinajstić information content (AvgIpc) is 3.29. The van der Waals surface area contributed by atoms with Gasteiger partial charge in [-0.25, -0.2) is 0 Å². The Bertz CT molecular complexity index is 551. The number of guanidine groups is 1. The average molecular weight is 362 g/mol. The molecule has 4 unspecified atom stereocenters. The summed E-state index contributed by atoms with van der Waals surface area (Å²) < 4.78 is 5.99. The third-order valence-electron chi connectivity index (χ3n) is 5.23. The van der Waals surface area contributed by atoms with E-state index >= 15 is 0 Å². The van der Waals surface area contributed by atoms with E-state index in [2.05, 4.69) is 64.6 Å². The fourth-order valence-electron chi connectivity index (χ4n) is 3.93. The molecule has 0 bridgehead atoms. The van der Waals surface area contributed by atoms with E-state index in [1.165, 1.54) is 30.6 Å². The summed E-state index contributed by atoms with van der Waals surface area (Å²) in [6, 6.07) is 11.1. The van der Waals surface area contributed by atoms with E-state index in [9.17, 15) is 0 Å². The second-order valence-corrected chi connectivity index (χ2v) is 8.51. The topological polar surface area (TPSA) is 45.7 Å². The molecule has 2 N–H and O–H groups in total. The summed E-state index contributed by atoms with van der Waals surface area (Å²) >= 11 is 2.09. The monoisotopic (exact) mass is 361 g/mol. The lowest BCUT2D eigenvalue weighted by atomic mass is 9.95. The van der Waals surface area contributed by atoms with E-state index in [4.69, 9.17) is 4.74 Å². The number of nitrogens with one attached hydrogen (secondary N) is 2. The highest BCUT2D eigenvalue weighted by atomic mass is 32.2. The first-order valence-corrected chi connectivity index (χ1v) is 10.6. The molecule has 1 aliphatic heterocycles. The Morgan fingerprint density at radius 3 is 2.84 bits per heavy atom. The fourth-order valence-corrected chi connectivity index (χ4v) is 5.07. The summed E-state index contributed by atoms with van der Waals surface area (Å²) in [5, 5.41) is 7.97. The Kier molecular flexibility index (Phi) is 7.05. The number of hydrogen-bond donors (Lipinski definition) is 2. The van der Waals surface area contributed by atoms with Gasteiger partial charge in [0.2, 0.25) is 0 Å². The van der Waals surface area contributed by atoms with Crippen LogP contribution in [0.25, 0.3) is 0 Å². The molecule has 4 atom stereocenters. The molecule has 4 nitrogen and oxygen atoms in total. The highest BCUT2D eigenvalue weighted by Crippen LogP contribution is 2.34. The number of benzene rings is 1. The van der Waals surface area contributed by atoms with Crippen LogP contribution in [0.3, 0.4) is 0 Å². The minimum atomic E-state index is 0.198. The van der Waals surface area contributed by atoms with E-state index in [0.717, 1.165) is 30.8 Å². The number of aliphatic imine (C=N–C) groups is 1. The molecule has 0 radical (unpaired) electrons. The third-order valence-corrected chi connectivity index (χ3v) is 6.46. The fraction of sp³-hybridized carbons (Fsp3) is 0.650. The van der Waals surface area contributed by atoms with Crippen LogP contribution in [-0.2, 0) is 4.74 Å². The Morgan fingerprint density at radius 1 is 1.24 bits per heavy atom. The van der Waals surface area contributed by atoms with E-state index in [1.54, 1.807) is 0 Å². The van der Waals surface area contributed by atoms with Gasteiger partial charge in [-0.2, -0.15) is 11.8 Å². The first-order valence-electron chi connectivity index (χ1n) is 9.55. The highest BCUT2D eigenvalue weighted by Gasteiger charge is 2.30. The predicted octanol–water partition coefficient (Wildman–Crippen LogP) is 3.60. The lowest BCUT2D eigenvalue weighted by molar-refractivity contribution is 0.0915. The van der Waals surface area contributed by atoms with Crippen LogP contribution in [0.15, 0.2) is 35.3 Å². The Hall–Kier alpha value is -1.20. The molecule has 0 amide bonds. The van der Waals surface area contributed by atoms with Gasteiger partial charge in [-0.1, -0.05) is 37.3 Å². The van der Waals surface area contributed by atoms with E-state index in [-0.39, 0.29) is 6.10 Å². The summed E-state index contributed by atoms with van der Waals surface area (Å²) in [7, 11) is 1.86. The van der Waals surface area contributed by atoms with Crippen molar-refractivity contribution in [3.05, 3.63) is 35.9 Å². The molecule has 1 aliphatic carbocycles. The maximum absolute atomic E-state index is 5.99. The van der Waals surface area contributed by atoms with Gasteiger partial charge in [0.15, 0.2) is 5.96 Å². The zero-order chi connectivity index (χ0) is 17.5. The largest absolute Gasteiger partial charge is 0.373 e. The zero-order valence-corrected chi connectivity index (χ0v) is 16.2. The second-order valence-electron chi connectivity index (χ2n) is 6.94. The molecule has 1 aromatic carbocycles. The first kappa shape index (κ1) is 18.6. The van der Waals surface area contributed by atoms with Gasteiger partial charge >= 0.3 is 0 Å². The Labute approximate surface area is 156 Å². The van der Waals surface area contributed by atoms with Crippen LogP contribution in [0.2, 0.25) is 0 Å². The molecular weight excluding hydrogens is 330 g/mol. The van der Waals surface area contributed by atoms with Crippen molar-refractivity contribution >= 4 is 17.7 Å². The van der Waals surface area contributed by atoms with E-state index in [0.29, 0.717) is 12.0 Å². The lowest BCUT2D eigenvalue weighted by Crippen LogP contribution is -2.44. The van der Waals surface area contributed by atoms with Gasteiger partial charge in [0, 0.05) is 37.4 Å². The summed E-state index contributed by atoms with van der Waals surface area (Å²) in [5.74, 6) is 2.64. The van der Waals surface area contributed by atoms with Crippen molar-refractivity contribution in [2.45, 2.75) is 50.0 Å². The van der Waals surface area contributed by atoms with Crippen molar-refractivity contribution in [2.24, 2.45) is 10.9 Å². The van der Waals surface area contributed by atoms with Crippen molar-refractivity contribution < 1.29 is 4.74 Å². The van der Waals surface area contributed by atoms with Gasteiger partial charge in [0.05, 0.1) is 6.10 Å². The molecule has 2 fully saturated rings. The van der Waals surface area contributed by atoms with Gasteiger partial charge in [-0.05, 0) is 37.0 Å². The van der Waals surface area contributed by atoms with Crippen LogP contribution < -0.4 is 10.6 Å². The molecule has 1 saturated heterocycles. The van der Waals surface area contributed by atoms with Crippen molar-refractivity contribution in [3.8, 4) is 0 Å². The smallest absolute Gasteiger partial charge is 0.191 e. The van der Waals surface area contributed by atoms with E-state index in [1.807, 2.05) is 7.05 Å². The van der Waals surface area contributed by atoms with Gasteiger partial charge in [0.25, 0.3) is 0 Å². The van der Waals surface area contributed by atoms with Crippen molar-refractivity contribution in [3.63, 3.8) is 0 Å². The maximum atomic E-state index is 5.99. The summed E-state index contributed by atoms with van der Waals surface area (Å²) in [4.78, 5) is 4.43.